The molecule has 0 saturated heterocycles. The van der Waals surface area contributed by atoms with Gasteiger partial charge >= 0.3 is 0 Å². The molecule has 3 rings (SSSR count). The maximum Gasteiger partial charge on any atom is -0.0241 e. The van der Waals surface area contributed by atoms with Gasteiger partial charge in [-0.05, 0) is 36.0 Å². The minimum absolute atomic E-state index is 0.824. The lowest BCUT2D eigenvalue weighted by Gasteiger charge is -2.70. The van der Waals surface area contributed by atoms with Gasteiger partial charge in [-0.25, -0.2) is 0 Å². The summed E-state index contributed by atoms with van der Waals surface area (Å²) in [6, 6.07) is 0. The molecule has 1 atom stereocenters. The third kappa shape index (κ3) is 0.426. The SMILES string of the molecule is CC(C)C12CC(C1)C2C. The fourth-order valence-electron chi connectivity index (χ4n) is 2.79. The summed E-state index contributed by atoms with van der Waals surface area (Å²) in [6.07, 6.45) is 3.09. The molecule has 3 aliphatic carbocycles. The van der Waals surface area contributed by atoms with Crippen LogP contribution in [0.1, 0.15) is 33.6 Å². The normalized spacial score (nSPS) is 54.7. The second-order valence-electron chi connectivity index (χ2n) is 4.34. The van der Waals surface area contributed by atoms with E-state index in [0.717, 1.165) is 23.2 Å². The summed E-state index contributed by atoms with van der Waals surface area (Å²) in [6.45, 7) is 7.19. The Hall–Kier alpha value is 0. The van der Waals surface area contributed by atoms with Crippen molar-refractivity contribution in [2.45, 2.75) is 33.6 Å². The van der Waals surface area contributed by atoms with Crippen molar-refractivity contribution in [1.82, 2.24) is 0 Å². The van der Waals surface area contributed by atoms with Crippen LogP contribution in [-0.2, 0) is 0 Å². The molecule has 0 aromatic heterocycles. The van der Waals surface area contributed by atoms with E-state index in [-0.39, 0.29) is 0 Å². The predicted octanol–water partition coefficient (Wildman–Crippen LogP) is 2.69. The van der Waals surface area contributed by atoms with E-state index in [1.165, 1.54) is 0 Å². The van der Waals surface area contributed by atoms with Crippen LogP contribution in [0.2, 0.25) is 0 Å². The third-order valence-electron chi connectivity index (χ3n) is 4.05. The summed E-state index contributed by atoms with van der Waals surface area (Å²) in [7, 11) is 0. The molecule has 0 aliphatic heterocycles. The molecule has 52 valence electrons. The Bertz CT molecular complexity index is 122. The number of hydrogen-bond donors (Lipinski definition) is 0. The van der Waals surface area contributed by atoms with Gasteiger partial charge < -0.3 is 0 Å². The fraction of sp³-hybridized carbons (Fsp3) is 1.00. The first-order chi connectivity index (χ1) is 4.17. The van der Waals surface area contributed by atoms with E-state index in [9.17, 15) is 0 Å². The molecule has 3 fully saturated rings. The van der Waals surface area contributed by atoms with Crippen molar-refractivity contribution in [2.75, 3.05) is 0 Å². The zero-order valence-corrected chi connectivity index (χ0v) is 6.65. The fourth-order valence-corrected chi connectivity index (χ4v) is 2.79. The number of hydrogen-bond acceptors (Lipinski definition) is 0. The van der Waals surface area contributed by atoms with Crippen LogP contribution in [0.5, 0.6) is 0 Å². The highest BCUT2D eigenvalue weighted by Gasteiger charge is 2.63. The highest BCUT2D eigenvalue weighted by atomic mass is 14.7. The molecule has 9 heavy (non-hydrogen) atoms. The van der Waals surface area contributed by atoms with Gasteiger partial charge in [0.25, 0.3) is 0 Å². The average molecular weight is 124 g/mol. The molecule has 0 aromatic rings. The monoisotopic (exact) mass is 124 g/mol. The summed E-state index contributed by atoms with van der Waals surface area (Å²) in [5, 5.41) is 0. The van der Waals surface area contributed by atoms with Gasteiger partial charge in [0.05, 0.1) is 0 Å². The lowest BCUT2D eigenvalue weighted by molar-refractivity contribution is -0.209. The third-order valence-corrected chi connectivity index (χ3v) is 4.05. The molecule has 0 amide bonds. The van der Waals surface area contributed by atoms with Crippen molar-refractivity contribution in [1.29, 1.82) is 0 Å². The summed E-state index contributed by atoms with van der Waals surface area (Å²) in [4.78, 5) is 0. The van der Waals surface area contributed by atoms with E-state index in [0.29, 0.717) is 0 Å². The zero-order valence-electron chi connectivity index (χ0n) is 6.65. The molecule has 0 spiro atoms. The van der Waals surface area contributed by atoms with Crippen LogP contribution in [0.3, 0.4) is 0 Å². The zero-order chi connectivity index (χ0) is 6.65. The van der Waals surface area contributed by atoms with Crippen LogP contribution < -0.4 is 0 Å². The van der Waals surface area contributed by atoms with Gasteiger partial charge in [0.1, 0.15) is 0 Å². The molecule has 1 unspecified atom stereocenters. The Morgan fingerprint density at radius 1 is 1.33 bits per heavy atom. The van der Waals surface area contributed by atoms with Gasteiger partial charge in [-0.2, -0.15) is 0 Å². The van der Waals surface area contributed by atoms with Crippen molar-refractivity contribution in [2.24, 2.45) is 23.2 Å². The quantitative estimate of drug-likeness (QED) is 0.504. The molecule has 0 aromatic carbocycles. The van der Waals surface area contributed by atoms with Crippen LogP contribution in [0, 0.1) is 23.2 Å². The first-order valence-corrected chi connectivity index (χ1v) is 4.17. The second kappa shape index (κ2) is 1.36. The Balaban J connectivity index is 2.10. The van der Waals surface area contributed by atoms with E-state index >= 15 is 0 Å². The molecule has 0 radical (unpaired) electrons. The summed E-state index contributed by atoms with van der Waals surface area (Å²) in [5.74, 6) is 3.14. The first-order valence-electron chi connectivity index (χ1n) is 4.17. The Morgan fingerprint density at radius 3 is 1.89 bits per heavy atom. The van der Waals surface area contributed by atoms with Gasteiger partial charge in [0, 0.05) is 0 Å². The van der Waals surface area contributed by atoms with Crippen LogP contribution in [0.15, 0.2) is 0 Å². The maximum absolute atomic E-state index is 2.43. The maximum atomic E-state index is 2.43. The van der Waals surface area contributed by atoms with Crippen molar-refractivity contribution in [3.05, 3.63) is 0 Å². The van der Waals surface area contributed by atoms with E-state index in [1.54, 1.807) is 12.8 Å². The minimum atomic E-state index is 0.824. The molecule has 0 heteroatoms. The standard InChI is InChI=1S/C9H16/c1-6(2)9-4-8(5-9)7(9)3/h6-8H,4-5H2,1-3H3. The molecule has 0 nitrogen and oxygen atoms in total. The van der Waals surface area contributed by atoms with Crippen LogP contribution in [0.25, 0.3) is 0 Å². The Morgan fingerprint density at radius 2 is 1.89 bits per heavy atom. The van der Waals surface area contributed by atoms with E-state index in [2.05, 4.69) is 20.8 Å². The lowest BCUT2D eigenvalue weighted by Crippen LogP contribution is -2.62. The van der Waals surface area contributed by atoms with Crippen molar-refractivity contribution < 1.29 is 0 Å². The van der Waals surface area contributed by atoms with E-state index in [4.69, 9.17) is 0 Å². The molecule has 2 bridgehead atoms. The van der Waals surface area contributed by atoms with Gasteiger partial charge in [0.15, 0.2) is 0 Å². The van der Waals surface area contributed by atoms with Crippen molar-refractivity contribution in [3.8, 4) is 0 Å². The molecule has 0 N–H and O–H groups in total. The molecule has 0 heterocycles. The molecule has 3 saturated carbocycles. The summed E-state index contributed by atoms with van der Waals surface area (Å²) >= 11 is 0. The van der Waals surface area contributed by atoms with E-state index in [1.807, 2.05) is 0 Å². The topological polar surface area (TPSA) is 0 Å². The molecular weight excluding hydrogens is 108 g/mol. The lowest BCUT2D eigenvalue weighted by atomic mass is 9.35. The molecule has 3 aliphatic rings. The number of rotatable bonds is 1. The molecular formula is C9H16. The second-order valence-corrected chi connectivity index (χ2v) is 4.34. The Labute approximate surface area is 57.6 Å². The summed E-state index contributed by atoms with van der Waals surface area (Å²) in [5.41, 5.74) is 0.824. The highest BCUT2D eigenvalue weighted by Crippen LogP contribution is 2.71. The predicted molar refractivity (Wildman–Crippen MR) is 39.2 cm³/mol. The van der Waals surface area contributed by atoms with Gasteiger partial charge in [-0.1, -0.05) is 20.8 Å². The largest absolute Gasteiger partial charge is 0.0622 e. The Kier molecular flexibility index (Phi) is 0.868. The van der Waals surface area contributed by atoms with Crippen LogP contribution >= 0.6 is 0 Å². The van der Waals surface area contributed by atoms with Crippen LogP contribution in [-0.4, -0.2) is 0 Å². The van der Waals surface area contributed by atoms with Gasteiger partial charge in [-0.15, -0.1) is 0 Å². The van der Waals surface area contributed by atoms with Crippen molar-refractivity contribution >= 4 is 0 Å². The van der Waals surface area contributed by atoms with E-state index < -0.39 is 0 Å². The van der Waals surface area contributed by atoms with Crippen molar-refractivity contribution in [3.63, 3.8) is 0 Å². The van der Waals surface area contributed by atoms with Gasteiger partial charge in [0.2, 0.25) is 0 Å². The minimum Gasteiger partial charge on any atom is -0.0622 e. The highest BCUT2D eigenvalue weighted by molar-refractivity contribution is 5.12. The average Bonchev–Trinajstić information content (AvgIpc) is 1.60. The smallest absolute Gasteiger partial charge is 0.0241 e. The summed E-state index contributed by atoms with van der Waals surface area (Å²) < 4.78 is 0. The van der Waals surface area contributed by atoms with Crippen LogP contribution in [0.4, 0.5) is 0 Å². The first kappa shape index (κ1) is 5.76. The van der Waals surface area contributed by atoms with Gasteiger partial charge in [-0.3, -0.25) is 0 Å².